The van der Waals surface area contributed by atoms with E-state index >= 15 is 0 Å². The maximum atomic E-state index is 5.90. The number of hydrogen-bond acceptors (Lipinski definition) is 2. The lowest BCUT2D eigenvalue weighted by molar-refractivity contribution is 0.175. The van der Waals surface area contributed by atoms with Crippen LogP contribution < -0.4 is 5.73 Å². The molecular weight excluding hydrogens is 208 g/mol. The zero-order valence-electron chi connectivity index (χ0n) is 12.7. The highest BCUT2D eigenvalue weighted by Gasteiger charge is 2.16. The lowest BCUT2D eigenvalue weighted by atomic mass is 9.96. The molecule has 0 aromatic rings. The van der Waals surface area contributed by atoms with Crippen LogP contribution in [0.2, 0.25) is 0 Å². The van der Waals surface area contributed by atoms with Gasteiger partial charge in [0.1, 0.15) is 0 Å². The molecule has 0 aromatic carbocycles. The first-order valence-electron chi connectivity index (χ1n) is 7.45. The Bertz CT molecular complexity index is 166. The molecule has 0 heterocycles. The molecule has 2 N–H and O–H groups in total. The first-order chi connectivity index (χ1) is 8.01. The summed E-state index contributed by atoms with van der Waals surface area (Å²) in [5, 5.41) is 0. The van der Waals surface area contributed by atoms with E-state index in [1.807, 2.05) is 0 Å². The van der Waals surface area contributed by atoms with Crippen molar-refractivity contribution >= 4 is 0 Å². The molecule has 0 saturated carbocycles. The van der Waals surface area contributed by atoms with E-state index in [-0.39, 0.29) is 0 Å². The zero-order chi connectivity index (χ0) is 13.3. The highest BCUT2D eigenvalue weighted by Crippen LogP contribution is 2.14. The van der Waals surface area contributed by atoms with Gasteiger partial charge in [-0.2, -0.15) is 0 Å². The fourth-order valence-electron chi connectivity index (χ4n) is 2.37. The van der Waals surface area contributed by atoms with Crippen LogP contribution in [0.1, 0.15) is 60.3 Å². The summed E-state index contributed by atoms with van der Waals surface area (Å²) in [7, 11) is 0. The lowest BCUT2D eigenvalue weighted by Gasteiger charge is -2.31. The van der Waals surface area contributed by atoms with Crippen molar-refractivity contribution in [2.45, 2.75) is 66.3 Å². The van der Waals surface area contributed by atoms with Gasteiger partial charge in [0, 0.05) is 12.6 Å². The SMILES string of the molecule is CCCCCN(CC(CN)CC(C)C)C(C)C. The summed E-state index contributed by atoms with van der Waals surface area (Å²) < 4.78 is 0. The molecule has 0 bridgehead atoms. The number of nitrogens with zero attached hydrogens (tertiary/aromatic N) is 1. The van der Waals surface area contributed by atoms with Crippen molar-refractivity contribution in [1.82, 2.24) is 4.90 Å². The molecule has 0 amide bonds. The first-order valence-corrected chi connectivity index (χ1v) is 7.45. The Hall–Kier alpha value is -0.0800. The molecule has 0 fully saturated rings. The van der Waals surface area contributed by atoms with Crippen LogP contribution in [0.5, 0.6) is 0 Å². The van der Waals surface area contributed by atoms with E-state index in [1.165, 1.54) is 38.8 Å². The summed E-state index contributed by atoms with van der Waals surface area (Å²) in [6.07, 6.45) is 5.24. The number of hydrogen-bond donors (Lipinski definition) is 1. The summed E-state index contributed by atoms with van der Waals surface area (Å²) in [6.45, 7) is 14.7. The zero-order valence-corrected chi connectivity index (χ0v) is 12.7. The van der Waals surface area contributed by atoms with Gasteiger partial charge < -0.3 is 10.6 Å². The lowest BCUT2D eigenvalue weighted by Crippen LogP contribution is -2.38. The van der Waals surface area contributed by atoms with Crippen LogP contribution in [-0.2, 0) is 0 Å². The molecule has 104 valence electrons. The molecule has 0 aliphatic heterocycles. The van der Waals surface area contributed by atoms with Gasteiger partial charge in [0.25, 0.3) is 0 Å². The van der Waals surface area contributed by atoms with Crippen molar-refractivity contribution in [3.05, 3.63) is 0 Å². The third kappa shape index (κ3) is 8.62. The van der Waals surface area contributed by atoms with E-state index in [2.05, 4.69) is 39.5 Å². The molecule has 1 atom stereocenters. The van der Waals surface area contributed by atoms with E-state index in [1.54, 1.807) is 0 Å². The number of nitrogens with two attached hydrogens (primary N) is 1. The maximum Gasteiger partial charge on any atom is 0.00387 e. The van der Waals surface area contributed by atoms with Gasteiger partial charge in [-0.25, -0.2) is 0 Å². The summed E-state index contributed by atoms with van der Waals surface area (Å²) >= 11 is 0. The van der Waals surface area contributed by atoms with Gasteiger partial charge in [-0.05, 0) is 51.6 Å². The monoisotopic (exact) mass is 242 g/mol. The highest BCUT2D eigenvalue weighted by atomic mass is 15.1. The fraction of sp³-hybridized carbons (Fsp3) is 1.00. The van der Waals surface area contributed by atoms with Crippen LogP contribution in [0.25, 0.3) is 0 Å². The molecule has 2 heteroatoms. The minimum atomic E-state index is 0.646. The second-order valence-corrected chi connectivity index (χ2v) is 6.03. The molecule has 0 aliphatic carbocycles. The van der Waals surface area contributed by atoms with Crippen molar-refractivity contribution in [2.75, 3.05) is 19.6 Å². The van der Waals surface area contributed by atoms with Crippen LogP contribution in [0.4, 0.5) is 0 Å². The van der Waals surface area contributed by atoms with E-state index in [0.29, 0.717) is 12.0 Å². The van der Waals surface area contributed by atoms with Crippen LogP contribution >= 0.6 is 0 Å². The smallest absolute Gasteiger partial charge is 0.00387 e. The standard InChI is InChI=1S/C15H34N2/c1-6-7-8-9-17(14(4)5)12-15(11-16)10-13(2)3/h13-15H,6-12,16H2,1-5H3. The molecular formula is C15H34N2. The molecule has 0 spiro atoms. The van der Waals surface area contributed by atoms with Crippen molar-refractivity contribution < 1.29 is 0 Å². The minimum Gasteiger partial charge on any atom is -0.330 e. The van der Waals surface area contributed by atoms with Crippen molar-refractivity contribution in [3.63, 3.8) is 0 Å². The second-order valence-electron chi connectivity index (χ2n) is 6.03. The van der Waals surface area contributed by atoms with Gasteiger partial charge in [-0.1, -0.05) is 33.6 Å². The fourth-order valence-corrected chi connectivity index (χ4v) is 2.37. The van der Waals surface area contributed by atoms with Gasteiger partial charge in [0.2, 0.25) is 0 Å². The third-order valence-corrected chi connectivity index (χ3v) is 3.41. The molecule has 0 rings (SSSR count). The number of unbranched alkanes of at least 4 members (excludes halogenated alkanes) is 2. The molecule has 0 radical (unpaired) electrons. The Morgan fingerprint density at radius 1 is 1.06 bits per heavy atom. The number of rotatable bonds is 10. The predicted octanol–water partition coefficient (Wildman–Crippen LogP) is 3.51. The van der Waals surface area contributed by atoms with E-state index in [4.69, 9.17) is 5.73 Å². The van der Waals surface area contributed by atoms with E-state index in [0.717, 1.165) is 12.5 Å². The normalized spacial score (nSPS) is 13.9. The molecule has 1 unspecified atom stereocenters. The van der Waals surface area contributed by atoms with Crippen molar-refractivity contribution in [3.8, 4) is 0 Å². The van der Waals surface area contributed by atoms with Gasteiger partial charge in [0.05, 0.1) is 0 Å². The topological polar surface area (TPSA) is 29.3 Å². The minimum absolute atomic E-state index is 0.646. The van der Waals surface area contributed by atoms with Crippen LogP contribution in [0, 0.1) is 11.8 Å². The Balaban J connectivity index is 4.10. The summed E-state index contributed by atoms with van der Waals surface area (Å²) in [6, 6.07) is 0.646. The first kappa shape index (κ1) is 16.9. The Kier molecular flexibility index (Phi) is 9.85. The Morgan fingerprint density at radius 3 is 2.12 bits per heavy atom. The van der Waals surface area contributed by atoms with Crippen LogP contribution in [0.3, 0.4) is 0 Å². The van der Waals surface area contributed by atoms with Crippen molar-refractivity contribution in [2.24, 2.45) is 17.6 Å². The maximum absolute atomic E-state index is 5.90. The van der Waals surface area contributed by atoms with Gasteiger partial charge in [0.15, 0.2) is 0 Å². The van der Waals surface area contributed by atoms with E-state index < -0.39 is 0 Å². The van der Waals surface area contributed by atoms with E-state index in [9.17, 15) is 0 Å². The summed E-state index contributed by atoms with van der Waals surface area (Å²) in [4.78, 5) is 2.61. The Labute approximate surface area is 109 Å². The largest absolute Gasteiger partial charge is 0.330 e. The van der Waals surface area contributed by atoms with Crippen molar-refractivity contribution in [1.29, 1.82) is 0 Å². The summed E-state index contributed by atoms with van der Waals surface area (Å²) in [5.41, 5.74) is 5.90. The van der Waals surface area contributed by atoms with Crippen LogP contribution in [0.15, 0.2) is 0 Å². The van der Waals surface area contributed by atoms with Crippen LogP contribution in [-0.4, -0.2) is 30.6 Å². The molecule has 0 aliphatic rings. The third-order valence-electron chi connectivity index (χ3n) is 3.41. The Morgan fingerprint density at radius 2 is 1.71 bits per heavy atom. The highest BCUT2D eigenvalue weighted by molar-refractivity contribution is 4.71. The van der Waals surface area contributed by atoms with Gasteiger partial charge >= 0.3 is 0 Å². The van der Waals surface area contributed by atoms with Gasteiger partial charge in [-0.3, -0.25) is 0 Å². The average molecular weight is 242 g/mol. The molecule has 0 saturated heterocycles. The quantitative estimate of drug-likeness (QED) is 0.594. The summed E-state index contributed by atoms with van der Waals surface area (Å²) in [5.74, 6) is 1.42. The average Bonchev–Trinajstić information content (AvgIpc) is 2.25. The second kappa shape index (κ2) is 9.90. The molecule has 17 heavy (non-hydrogen) atoms. The molecule has 2 nitrogen and oxygen atoms in total. The van der Waals surface area contributed by atoms with Gasteiger partial charge in [-0.15, -0.1) is 0 Å². The predicted molar refractivity (Wildman–Crippen MR) is 78.2 cm³/mol. The molecule has 0 aromatic heterocycles.